The second-order valence-electron chi connectivity index (χ2n) is 5.15. The Morgan fingerprint density at radius 1 is 1.43 bits per heavy atom. The zero-order valence-electron chi connectivity index (χ0n) is 11.7. The summed E-state index contributed by atoms with van der Waals surface area (Å²) in [4.78, 5) is 19.4. The van der Waals surface area contributed by atoms with Crippen LogP contribution in [0.15, 0.2) is 24.5 Å². The number of nitrogens with one attached hydrogen (secondary N) is 1. The summed E-state index contributed by atoms with van der Waals surface area (Å²) in [6.07, 6.45) is 3.72. The molecule has 1 aliphatic rings. The lowest BCUT2D eigenvalue weighted by atomic mass is 9.89. The Hall–Kier alpha value is -2.21. The number of hydrogen-bond acceptors (Lipinski definition) is 5. The van der Waals surface area contributed by atoms with Crippen molar-refractivity contribution >= 4 is 22.7 Å². The smallest absolute Gasteiger partial charge is 0.335 e. The molecule has 1 heterocycles. The van der Waals surface area contributed by atoms with Crippen molar-refractivity contribution in [1.82, 2.24) is 9.97 Å². The summed E-state index contributed by atoms with van der Waals surface area (Å²) in [6, 6.07) is 5.23. The Bertz CT molecular complexity index is 668. The van der Waals surface area contributed by atoms with E-state index in [-0.39, 0.29) is 5.56 Å². The van der Waals surface area contributed by atoms with Gasteiger partial charge in [-0.1, -0.05) is 0 Å². The number of carboxylic acid groups (broad SMARTS) is 1. The number of aromatic carboxylic acids is 1. The molecule has 21 heavy (non-hydrogen) atoms. The van der Waals surface area contributed by atoms with Gasteiger partial charge in [-0.3, -0.25) is 0 Å². The summed E-state index contributed by atoms with van der Waals surface area (Å²) in [5.41, 5.74) is 0.861. The van der Waals surface area contributed by atoms with Gasteiger partial charge in [0.1, 0.15) is 12.1 Å². The van der Waals surface area contributed by atoms with E-state index in [2.05, 4.69) is 15.3 Å². The maximum atomic E-state index is 11.0. The molecule has 6 heteroatoms. The monoisotopic (exact) mass is 287 g/mol. The number of carboxylic acids is 1. The highest BCUT2D eigenvalue weighted by molar-refractivity contribution is 5.96. The predicted molar refractivity (Wildman–Crippen MR) is 78.6 cm³/mol. The summed E-state index contributed by atoms with van der Waals surface area (Å²) in [7, 11) is 0. The van der Waals surface area contributed by atoms with E-state index < -0.39 is 5.97 Å². The molecule has 0 amide bonds. The minimum absolute atomic E-state index is 0.229. The second kappa shape index (κ2) is 5.65. The van der Waals surface area contributed by atoms with Gasteiger partial charge in [0.25, 0.3) is 0 Å². The minimum atomic E-state index is -0.955. The first-order valence-electron chi connectivity index (χ1n) is 7.03. The lowest BCUT2D eigenvalue weighted by molar-refractivity contribution is 0.00294. The number of ether oxygens (including phenoxy) is 1. The summed E-state index contributed by atoms with van der Waals surface area (Å²) in [6.45, 7) is 2.74. The third kappa shape index (κ3) is 2.80. The van der Waals surface area contributed by atoms with E-state index in [1.807, 2.05) is 6.92 Å². The van der Waals surface area contributed by atoms with Crippen LogP contribution in [0.3, 0.4) is 0 Å². The summed E-state index contributed by atoms with van der Waals surface area (Å²) in [5.74, 6) is -0.208. The largest absolute Gasteiger partial charge is 0.478 e. The van der Waals surface area contributed by atoms with E-state index >= 15 is 0 Å². The van der Waals surface area contributed by atoms with Gasteiger partial charge in [0.05, 0.1) is 17.2 Å². The number of hydrogen-bond donors (Lipinski definition) is 2. The average Bonchev–Trinajstić information content (AvgIpc) is 2.44. The number of anilines is 1. The van der Waals surface area contributed by atoms with Crippen LogP contribution in [-0.4, -0.2) is 39.8 Å². The SMILES string of the molecule is CCOC1CC(Nc2ncnc3cc(C(=O)O)ccc23)C1. The third-order valence-corrected chi connectivity index (χ3v) is 3.72. The molecule has 1 aliphatic carbocycles. The predicted octanol–water partition coefficient (Wildman–Crippen LogP) is 2.31. The van der Waals surface area contributed by atoms with Crippen LogP contribution >= 0.6 is 0 Å². The van der Waals surface area contributed by atoms with Gasteiger partial charge in [-0.2, -0.15) is 0 Å². The van der Waals surface area contributed by atoms with Crippen LogP contribution in [0.25, 0.3) is 10.9 Å². The normalized spacial score (nSPS) is 21.0. The Morgan fingerprint density at radius 3 is 2.95 bits per heavy atom. The Morgan fingerprint density at radius 2 is 2.24 bits per heavy atom. The Labute approximate surface area is 122 Å². The molecule has 2 N–H and O–H groups in total. The van der Waals surface area contributed by atoms with Crippen LogP contribution in [0.4, 0.5) is 5.82 Å². The fourth-order valence-electron chi connectivity index (χ4n) is 2.55. The molecule has 0 unspecified atom stereocenters. The third-order valence-electron chi connectivity index (χ3n) is 3.72. The molecule has 6 nitrogen and oxygen atoms in total. The summed E-state index contributed by atoms with van der Waals surface area (Å²) < 4.78 is 5.54. The molecule has 0 aliphatic heterocycles. The fraction of sp³-hybridized carbons (Fsp3) is 0.400. The van der Waals surface area contributed by atoms with Gasteiger partial charge in [-0.05, 0) is 38.0 Å². The van der Waals surface area contributed by atoms with Crippen LogP contribution in [0, 0.1) is 0 Å². The molecule has 3 rings (SSSR count). The highest BCUT2D eigenvalue weighted by Gasteiger charge is 2.30. The fourth-order valence-corrected chi connectivity index (χ4v) is 2.55. The zero-order chi connectivity index (χ0) is 14.8. The van der Waals surface area contributed by atoms with E-state index in [0.717, 1.165) is 30.7 Å². The highest BCUT2D eigenvalue weighted by Crippen LogP contribution is 2.28. The van der Waals surface area contributed by atoms with Crippen LogP contribution in [0.1, 0.15) is 30.1 Å². The van der Waals surface area contributed by atoms with Crippen LogP contribution < -0.4 is 5.32 Å². The van der Waals surface area contributed by atoms with Crippen molar-refractivity contribution in [2.24, 2.45) is 0 Å². The topological polar surface area (TPSA) is 84.3 Å². The van der Waals surface area contributed by atoms with Gasteiger partial charge in [0.2, 0.25) is 0 Å². The number of carbonyl (C=O) groups is 1. The van der Waals surface area contributed by atoms with Crippen molar-refractivity contribution < 1.29 is 14.6 Å². The second-order valence-corrected chi connectivity index (χ2v) is 5.15. The van der Waals surface area contributed by atoms with Crippen LogP contribution in [0.5, 0.6) is 0 Å². The van der Waals surface area contributed by atoms with Crippen LogP contribution in [-0.2, 0) is 4.74 Å². The lowest BCUT2D eigenvalue weighted by Crippen LogP contribution is -2.41. The highest BCUT2D eigenvalue weighted by atomic mass is 16.5. The maximum Gasteiger partial charge on any atom is 0.335 e. The van der Waals surface area contributed by atoms with Crippen LogP contribution in [0.2, 0.25) is 0 Å². The minimum Gasteiger partial charge on any atom is -0.478 e. The van der Waals surface area contributed by atoms with Gasteiger partial charge in [0, 0.05) is 18.0 Å². The van der Waals surface area contributed by atoms with Crippen molar-refractivity contribution in [2.45, 2.75) is 31.9 Å². The molecule has 1 aromatic heterocycles. The van der Waals surface area contributed by atoms with Gasteiger partial charge in [-0.25, -0.2) is 14.8 Å². The van der Waals surface area contributed by atoms with Gasteiger partial charge < -0.3 is 15.2 Å². The number of nitrogens with zero attached hydrogens (tertiary/aromatic N) is 2. The number of rotatable bonds is 5. The van der Waals surface area contributed by atoms with Gasteiger partial charge in [0.15, 0.2) is 0 Å². The van der Waals surface area contributed by atoms with E-state index in [9.17, 15) is 4.79 Å². The molecule has 1 fully saturated rings. The number of benzene rings is 1. The van der Waals surface area contributed by atoms with Crippen molar-refractivity contribution in [3.8, 4) is 0 Å². The molecular weight excluding hydrogens is 270 g/mol. The van der Waals surface area contributed by atoms with E-state index in [0.29, 0.717) is 17.7 Å². The van der Waals surface area contributed by atoms with Crippen molar-refractivity contribution in [3.05, 3.63) is 30.1 Å². The molecule has 1 aromatic carbocycles. The lowest BCUT2D eigenvalue weighted by Gasteiger charge is -2.35. The number of fused-ring (bicyclic) bond motifs is 1. The molecule has 1 saturated carbocycles. The number of aromatic nitrogens is 2. The zero-order valence-corrected chi connectivity index (χ0v) is 11.7. The Balaban J connectivity index is 1.78. The molecule has 0 spiro atoms. The first kappa shape index (κ1) is 13.8. The van der Waals surface area contributed by atoms with Crippen molar-refractivity contribution in [2.75, 3.05) is 11.9 Å². The summed E-state index contributed by atoms with van der Waals surface area (Å²) in [5, 5.41) is 13.2. The van der Waals surface area contributed by atoms with E-state index in [1.54, 1.807) is 18.2 Å². The first-order chi connectivity index (χ1) is 10.2. The Kier molecular flexibility index (Phi) is 3.70. The molecule has 0 bridgehead atoms. The van der Waals surface area contributed by atoms with Gasteiger partial charge >= 0.3 is 5.97 Å². The molecule has 0 atom stereocenters. The first-order valence-corrected chi connectivity index (χ1v) is 7.03. The van der Waals surface area contributed by atoms with Crippen molar-refractivity contribution in [1.29, 1.82) is 0 Å². The molecular formula is C15H17N3O3. The molecule has 110 valence electrons. The maximum absolute atomic E-state index is 11.0. The van der Waals surface area contributed by atoms with Crippen molar-refractivity contribution in [3.63, 3.8) is 0 Å². The average molecular weight is 287 g/mol. The quantitative estimate of drug-likeness (QED) is 0.878. The summed E-state index contributed by atoms with van der Waals surface area (Å²) >= 11 is 0. The molecule has 0 radical (unpaired) electrons. The molecule has 2 aromatic rings. The van der Waals surface area contributed by atoms with E-state index in [4.69, 9.17) is 9.84 Å². The van der Waals surface area contributed by atoms with E-state index in [1.165, 1.54) is 6.33 Å². The standard InChI is InChI=1S/C15H17N3O3/c1-2-21-11-6-10(7-11)18-14-12-4-3-9(15(19)20)5-13(12)16-8-17-14/h3-5,8,10-11H,2,6-7H2,1H3,(H,19,20)(H,16,17,18). The van der Waals surface area contributed by atoms with Gasteiger partial charge in [-0.15, -0.1) is 0 Å². The molecule has 0 saturated heterocycles.